The second kappa shape index (κ2) is 7.91. The molecule has 3 aromatic rings. The average Bonchev–Trinajstić information content (AvgIpc) is 2.76. The molecule has 1 N–H and O–H groups in total. The summed E-state index contributed by atoms with van der Waals surface area (Å²) >= 11 is 0. The molecule has 0 aliphatic carbocycles. The van der Waals surface area contributed by atoms with Gasteiger partial charge in [0.2, 0.25) is 0 Å². The highest BCUT2D eigenvalue weighted by Gasteiger charge is 2.29. The van der Waals surface area contributed by atoms with Crippen molar-refractivity contribution in [3.63, 3.8) is 0 Å². The molecule has 1 heterocycles. The van der Waals surface area contributed by atoms with Crippen LogP contribution in [0, 0.1) is 12.7 Å². The average molecular weight is 424 g/mol. The van der Waals surface area contributed by atoms with Gasteiger partial charge in [0.15, 0.2) is 0 Å². The number of para-hydroxylation sites is 1. The number of hydrogen-bond acceptors (Lipinski definition) is 3. The van der Waals surface area contributed by atoms with Gasteiger partial charge in [-0.15, -0.1) is 0 Å². The smallest absolute Gasteiger partial charge is 0.264 e. The second-order valence-electron chi connectivity index (χ2n) is 7.27. The van der Waals surface area contributed by atoms with Gasteiger partial charge in [-0.1, -0.05) is 30.3 Å². The minimum Gasteiger partial charge on any atom is -0.319 e. The highest BCUT2D eigenvalue weighted by atomic mass is 32.2. The Morgan fingerprint density at radius 3 is 2.67 bits per heavy atom. The summed E-state index contributed by atoms with van der Waals surface area (Å²) in [5, 5.41) is 2.52. The highest BCUT2D eigenvalue weighted by molar-refractivity contribution is 7.92. The van der Waals surface area contributed by atoms with E-state index in [1.165, 1.54) is 40.7 Å². The van der Waals surface area contributed by atoms with E-state index in [-0.39, 0.29) is 16.1 Å². The number of rotatable bonds is 4. The van der Waals surface area contributed by atoms with E-state index in [4.69, 9.17) is 0 Å². The van der Waals surface area contributed by atoms with Gasteiger partial charge in [0, 0.05) is 12.1 Å². The predicted octanol–water partition coefficient (Wildman–Crippen LogP) is 4.53. The third kappa shape index (κ3) is 3.80. The van der Waals surface area contributed by atoms with Crippen molar-refractivity contribution in [1.82, 2.24) is 0 Å². The monoisotopic (exact) mass is 424 g/mol. The lowest BCUT2D eigenvalue weighted by atomic mass is 10.0. The number of anilines is 2. The zero-order valence-corrected chi connectivity index (χ0v) is 17.2. The van der Waals surface area contributed by atoms with Crippen LogP contribution in [0.2, 0.25) is 0 Å². The fourth-order valence-electron chi connectivity index (χ4n) is 3.60. The van der Waals surface area contributed by atoms with Crippen molar-refractivity contribution in [1.29, 1.82) is 0 Å². The summed E-state index contributed by atoms with van der Waals surface area (Å²) in [7, 11) is -3.84. The summed E-state index contributed by atoms with van der Waals surface area (Å²) in [6, 6.07) is 17.7. The molecule has 0 saturated heterocycles. The number of carbonyl (C=O) groups is 1. The molecule has 1 amide bonds. The number of fused-ring (bicyclic) bond motifs is 1. The predicted molar refractivity (Wildman–Crippen MR) is 115 cm³/mol. The molecule has 0 unspecified atom stereocenters. The zero-order valence-electron chi connectivity index (χ0n) is 16.4. The summed E-state index contributed by atoms with van der Waals surface area (Å²) in [6.07, 6.45) is 1.55. The number of nitrogens with one attached hydrogen (secondary N) is 1. The van der Waals surface area contributed by atoms with Crippen molar-refractivity contribution in [2.75, 3.05) is 16.2 Å². The third-order valence-electron chi connectivity index (χ3n) is 5.12. The van der Waals surface area contributed by atoms with Gasteiger partial charge in [0.1, 0.15) is 5.82 Å². The fraction of sp³-hybridized carbons (Fsp3) is 0.174. The van der Waals surface area contributed by atoms with Crippen LogP contribution in [0.3, 0.4) is 0 Å². The number of nitrogens with zero attached hydrogens (tertiary/aromatic N) is 1. The lowest BCUT2D eigenvalue weighted by Gasteiger charge is -2.30. The Kier molecular flexibility index (Phi) is 5.30. The van der Waals surface area contributed by atoms with Crippen LogP contribution in [0.4, 0.5) is 15.8 Å². The molecule has 1 aliphatic rings. The maximum absolute atomic E-state index is 14.0. The first-order valence-electron chi connectivity index (χ1n) is 9.64. The SMILES string of the molecule is Cc1ccc(F)c(NC(=O)c2cccc(S(=O)(=O)N3CCCc4ccccc43)c2)c1. The van der Waals surface area contributed by atoms with Crippen LogP contribution in [0.1, 0.15) is 27.9 Å². The molecule has 0 radical (unpaired) electrons. The number of aryl methyl sites for hydroxylation is 2. The molecular formula is C23H21FN2O3S. The van der Waals surface area contributed by atoms with E-state index in [0.717, 1.165) is 24.0 Å². The maximum Gasteiger partial charge on any atom is 0.264 e. The first-order valence-corrected chi connectivity index (χ1v) is 11.1. The largest absolute Gasteiger partial charge is 0.319 e. The summed E-state index contributed by atoms with van der Waals surface area (Å²) in [5.41, 5.74) is 2.64. The number of hydrogen-bond donors (Lipinski definition) is 1. The number of halogens is 1. The second-order valence-corrected chi connectivity index (χ2v) is 9.14. The van der Waals surface area contributed by atoms with Gasteiger partial charge < -0.3 is 5.32 Å². The maximum atomic E-state index is 14.0. The lowest BCUT2D eigenvalue weighted by molar-refractivity contribution is 0.102. The van der Waals surface area contributed by atoms with Gasteiger partial charge in [-0.25, -0.2) is 12.8 Å². The Morgan fingerprint density at radius 1 is 1.03 bits per heavy atom. The van der Waals surface area contributed by atoms with Gasteiger partial charge in [-0.2, -0.15) is 0 Å². The number of carbonyl (C=O) groups excluding carboxylic acids is 1. The third-order valence-corrected chi connectivity index (χ3v) is 6.93. The quantitative estimate of drug-likeness (QED) is 0.669. The first kappa shape index (κ1) is 20.1. The van der Waals surface area contributed by atoms with Crippen LogP contribution in [0.5, 0.6) is 0 Å². The molecule has 4 rings (SSSR count). The Bertz CT molecular complexity index is 1220. The standard InChI is InChI=1S/C23H21FN2O3S/c1-16-11-12-20(24)21(14-16)25-23(27)18-7-4-9-19(15-18)30(28,29)26-13-5-8-17-6-2-3-10-22(17)26/h2-4,6-7,9-12,14-15H,5,8,13H2,1H3,(H,25,27). The molecular weight excluding hydrogens is 403 g/mol. The van der Waals surface area contributed by atoms with E-state index < -0.39 is 21.7 Å². The zero-order chi connectivity index (χ0) is 21.3. The number of benzene rings is 3. The van der Waals surface area contributed by atoms with Crippen LogP contribution in [-0.4, -0.2) is 20.9 Å². The van der Waals surface area contributed by atoms with Gasteiger partial charge in [-0.3, -0.25) is 9.10 Å². The molecule has 3 aromatic carbocycles. The molecule has 154 valence electrons. The Hall–Kier alpha value is -3.19. The number of amides is 1. The normalized spacial score (nSPS) is 13.6. The fourth-order valence-corrected chi connectivity index (χ4v) is 5.19. The first-order chi connectivity index (χ1) is 14.4. The van der Waals surface area contributed by atoms with Gasteiger partial charge in [0.25, 0.3) is 15.9 Å². The molecule has 0 saturated carbocycles. The molecule has 0 aromatic heterocycles. The van der Waals surface area contributed by atoms with Crippen molar-refractivity contribution in [2.45, 2.75) is 24.7 Å². The molecule has 5 nitrogen and oxygen atoms in total. The van der Waals surface area contributed by atoms with E-state index in [1.54, 1.807) is 19.1 Å². The molecule has 30 heavy (non-hydrogen) atoms. The minimum atomic E-state index is -3.84. The number of sulfonamides is 1. The van der Waals surface area contributed by atoms with Crippen molar-refractivity contribution in [2.24, 2.45) is 0 Å². The Labute approximate surface area is 175 Å². The van der Waals surface area contributed by atoms with Crippen LogP contribution in [0.25, 0.3) is 0 Å². The molecule has 0 fully saturated rings. The summed E-state index contributed by atoms with van der Waals surface area (Å²) in [5.74, 6) is -1.13. The molecule has 1 aliphatic heterocycles. The Balaban J connectivity index is 1.65. The molecule has 7 heteroatoms. The van der Waals surface area contributed by atoms with Crippen LogP contribution < -0.4 is 9.62 Å². The Morgan fingerprint density at radius 2 is 1.83 bits per heavy atom. The van der Waals surface area contributed by atoms with Gasteiger partial charge in [-0.05, 0) is 67.3 Å². The van der Waals surface area contributed by atoms with Crippen molar-refractivity contribution < 1.29 is 17.6 Å². The lowest BCUT2D eigenvalue weighted by Crippen LogP contribution is -2.35. The molecule has 0 atom stereocenters. The molecule has 0 bridgehead atoms. The topological polar surface area (TPSA) is 66.5 Å². The van der Waals surface area contributed by atoms with Crippen LogP contribution in [-0.2, 0) is 16.4 Å². The van der Waals surface area contributed by atoms with Gasteiger partial charge >= 0.3 is 0 Å². The summed E-state index contributed by atoms with van der Waals surface area (Å²) < 4.78 is 42.0. The summed E-state index contributed by atoms with van der Waals surface area (Å²) in [4.78, 5) is 12.7. The van der Waals surface area contributed by atoms with Crippen LogP contribution >= 0.6 is 0 Å². The van der Waals surface area contributed by atoms with Crippen molar-refractivity contribution >= 4 is 27.3 Å². The van der Waals surface area contributed by atoms with E-state index in [9.17, 15) is 17.6 Å². The van der Waals surface area contributed by atoms with Crippen molar-refractivity contribution in [3.8, 4) is 0 Å². The van der Waals surface area contributed by atoms with Gasteiger partial charge in [0.05, 0.1) is 16.3 Å². The van der Waals surface area contributed by atoms with E-state index in [2.05, 4.69) is 5.32 Å². The molecule has 0 spiro atoms. The van der Waals surface area contributed by atoms with Crippen molar-refractivity contribution in [3.05, 3.63) is 89.2 Å². The summed E-state index contributed by atoms with van der Waals surface area (Å²) in [6.45, 7) is 2.17. The van der Waals surface area contributed by atoms with E-state index in [1.807, 2.05) is 18.2 Å². The minimum absolute atomic E-state index is 0.0246. The highest BCUT2D eigenvalue weighted by Crippen LogP contribution is 2.32. The van der Waals surface area contributed by atoms with E-state index >= 15 is 0 Å². The van der Waals surface area contributed by atoms with E-state index in [0.29, 0.717) is 12.2 Å². The van der Waals surface area contributed by atoms with Crippen LogP contribution in [0.15, 0.2) is 71.6 Å².